The van der Waals surface area contributed by atoms with Gasteiger partial charge in [-0.1, -0.05) is 194 Å². The number of rotatable bonds is 55. The number of carbonyl (C=O) groups excluding carboxylic acids is 6. The molecular formula is C61H114N4O10. The molecule has 2 N–H and O–H groups in total. The Labute approximate surface area is 458 Å². The maximum absolute atomic E-state index is 13.2. The van der Waals surface area contributed by atoms with E-state index in [1.165, 1.54) is 161 Å². The molecule has 2 atom stereocenters. The van der Waals surface area contributed by atoms with Gasteiger partial charge in [-0.3, -0.25) is 28.8 Å². The summed E-state index contributed by atoms with van der Waals surface area (Å²) in [5, 5.41) is 5.88. The maximum atomic E-state index is 13.2. The number of nitrogens with one attached hydrogen (secondary N) is 2. The fraction of sp³-hybridized carbons (Fsp3) is 0.902. The van der Waals surface area contributed by atoms with Gasteiger partial charge in [-0.2, -0.15) is 0 Å². The van der Waals surface area contributed by atoms with Gasteiger partial charge in [-0.25, -0.2) is 0 Å². The number of hydrogen-bond acceptors (Lipinski definition) is 12. The normalized spacial score (nSPS) is 14.5. The van der Waals surface area contributed by atoms with Crippen LogP contribution in [-0.2, 0) is 47.7 Å². The predicted octanol–water partition coefficient (Wildman–Crippen LogP) is 13.0. The molecule has 0 aliphatic carbocycles. The van der Waals surface area contributed by atoms with Crippen molar-refractivity contribution < 1.29 is 47.7 Å². The summed E-state index contributed by atoms with van der Waals surface area (Å²) in [6.07, 6.45) is 41.3. The molecule has 1 heterocycles. The smallest absolute Gasteiger partial charge is 0.307 e. The number of methoxy groups -OCH3 is 1. The molecule has 1 fully saturated rings. The van der Waals surface area contributed by atoms with Gasteiger partial charge in [0.05, 0.1) is 52.6 Å². The molecule has 0 bridgehead atoms. The highest BCUT2D eigenvalue weighted by Crippen LogP contribution is 2.16. The molecule has 14 nitrogen and oxygen atoms in total. The van der Waals surface area contributed by atoms with E-state index in [1.807, 2.05) is 0 Å². The summed E-state index contributed by atoms with van der Waals surface area (Å²) in [5.74, 6) is -1.38. The van der Waals surface area contributed by atoms with Crippen molar-refractivity contribution in [1.82, 2.24) is 20.4 Å². The van der Waals surface area contributed by atoms with Crippen LogP contribution in [0.1, 0.15) is 278 Å². The Morgan fingerprint density at radius 3 is 0.867 bits per heavy atom. The molecule has 0 aromatic rings. The second-order valence-corrected chi connectivity index (χ2v) is 21.6. The minimum atomic E-state index is -0.623. The van der Waals surface area contributed by atoms with E-state index in [1.54, 1.807) is 0 Å². The summed E-state index contributed by atoms with van der Waals surface area (Å²) in [5.41, 5.74) is 0. The van der Waals surface area contributed by atoms with Crippen molar-refractivity contribution in [3.05, 3.63) is 0 Å². The summed E-state index contributed by atoms with van der Waals surface area (Å²) in [6.45, 7) is 11.2. The summed E-state index contributed by atoms with van der Waals surface area (Å²) >= 11 is 0. The van der Waals surface area contributed by atoms with E-state index in [0.29, 0.717) is 84.8 Å². The molecular weight excluding hydrogens is 949 g/mol. The number of piperazine rings is 1. The number of amides is 2. The first-order chi connectivity index (χ1) is 36.6. The van der Waals surface area contributed by atoms with Crippen molar-refractivity contribution >= 4 is 35.7 Å². The molecule has 0 saturated carbocycles. The van der Waals surface area contributed by atoms with Crippen LogP contribution in [0.25, 0.3) is 0 Å². The molecule has 1 aliphatic rings. The predicted molar refractivity (Wildman–Crippen MR) is 303 cm³/mol. The van der Waals surface area contributed by atoms with E-state index in [9.17, 15) is 28.8 Å². The van der Waals surface area contributed by atoms with Gasteiger partial charge in [0.2, 0.25) is 11.8 Å². The maximum Gasteiger partial charge on any atom is 0.307 e. The molecule has 2 amide bonds. The van der Waals surface area contributed by atoms with E-state index in [0.717, 1.165) is 51.4 Å². The molecule has 0 spiro atoms. The molecule has 0 aromatic heterocycles. The van der Waals surface area contributed by atoms with Crippen LogP contribution < -0.4 is 10.6 Å². The SMILES string of the molecule is CCCCCCCCCCCCOC(=O)CCN(CCCCC1NC(=O)C(CCCCN(CCC(=O)OCCCCCCCCCCCC)CCC(=O)OCCCCCCCCCCCC)NC1=O)CCC(=O)OC. The highest BCUT2D eigenvalue weighted by molar-refractivity contribution is 5.96. The lowest BCUT2D eigenvalue weighted by Gasteiger charge is -2.30. The van der Waals surface area contributed by atoms with Crippen LogP contribution in [0.4, 0.5) is 0 Å². The number of hydrogen-bond donors (Lipinski definition) is 2. The number of ether oxygens (including phenoxy) is 4. The lowest BCUT2D eigenvalue weighted by atomic mass is 10.0. The summed E-state index contributed by atoms with van der Waals surface area (Å²) < 4.78 is 21.5. The van der Waals surface area contributed by atoms with Crippen molar-refractivity contribution in [2.75, 3.05) is 66.2 Å². The van der Waals surface area contributed by atoms with Crippen molar-refractivity contribution in [3.63, 3.8) is 0 Å². The average Bonchev–Trinajstić information content (AvgIpc) is 3.40. The first-order valence-corrected chi connectivity index (χ1v) is 31.2. The first kappa shape index (κ1) is 69.8. The highest BCUT2D eigenvalue weighted by atomic mass is 16.5. The minimum Gasteiger partial charge on any atom is -0.469 e. The Bertz CT molecular complexity index is 1380. The van der Waals surface area contributed by atoms with E-state index in [-0.39, 0.29) is 61.4 Å². The molecule has 0 aromatic carbocycles. The Morgan fingerprint density at radius 1 is 0.347 bits per heavy atom. The molecule has 14 heteroatoms. The third-order valence-corrected chi connectivity index (χ3v) is 14.7. The molecule has 1 aliphatic heterocycles. The van der Waals surface area contributed by atoms with E-state index in [4.69, 9.17) is 18.9 Å². The standard InChI is InChI=1S/C61H114N4O10/c1-5-8-11-14-17-20-23-26-29-36-51-73-57(67)42-48-64(47-41-56(66)72-4)45-34-32-39-54-60(70)63-55(61(71)62-54)40-33-35-46-65(49-43-58(68)74-52-37-30-27-24-21-18-15-12-9-6-2)50-44-59(69)75-53-38-31-28-25-22-19-16-13-10-7-3/h54-55H,5-53H2,1-4H3,(H,62,71)(H,63,70). The monoisotopic (exact) mass is 1060 g/mol. The van der Waals surface area contributed by atoms with Gasteiger partial charge in [0, 0.05) is 26.2 Å². The zero-order valence-corrected chi connectivity index (χ0v) is 48.8. The van der Waals surface area contributed by atoms with Crippen LogP contribution in [0.15, 0.2) is 0 Å². The molecule has 0 radical (unpaired) electrons. The van der Waals surface area contributed by atoms with Crippen LogP contribution in [0.3, 0.4) is 0 Å². The Hall–Kier alpha value is -3.26. The number of carbonyl (C=O) groups is 6. The average molecular weight is 1060 g/mol. The second kappa shape index (κ2) is 51.5. The summed E-state index contributed by atoms with van der Waals surface area (Å²) in [4.78, 5) is 80.5. The van der Waals surface area contributed by atoms with Crippen LogP contribution in [0, 0.1) is 0 Å². The third-order valence-electron chi connectivity index (χ3n) is 14.7. The van der Waals surface area contributed by atoms with Crippen molar-refractivity contribution in [2.45, 2.75) is 290 Å². The van der Waals surface area contributed by atoms with Gasteiger partial charge in [0.15, 0.2) is 0 Å². The summed E-state index contributed by atoms with van der Waals surface area (Å²) in [7, 11) is 1.37. The molecule has 1 saturated heterocycles. The van der Waals surface area contributed by atoms with Crippen molar-refractivity contribution in [1.29, 1.82) is 0 Å². The Balaban J connectivity index is 2.50. The fourth-order valence-electron chi connectivity index (χ4n) is 9.76. The van der Waals surface area contributed by atoms with Gasteiger partial charge in [0.25, 0.3) is 0 Å². The number of nitrogens with zero attached hydrogens (tertiary/aromatic N) is 2. The van der Waals surface area contributed by atoms with Gasteiger partial charge in [0.1, 0.15) is 12.1 Å². The van der Waals surface area contributed by atoms with Crippen molar-refractivity contribution in [2.24, 2.45) is 0 Å². The first-order valence-electron chi connectivity index (χ1n) is 31.2. The zero-order valence-electron chi connectivity index (χ0n) is 48.8. The molecule has 2 unspecified atom stereocenters. The van der Waals surface area contributed by atoms with Gasteiger partial charge >= 0.3 is 23.9 Å². The molecule has 1 rings (SSSR count). The highest BCUT2D eigenvalue weighted by Gasteiger charge is 2.33. The summed E-state index contributed by atoms with van der Waals surface area (Å²) in [6, 6.07) is -1.24. The topological polar surface area (TPSA) is 170 Å². The Morgan fingerprint density at radius 2 is 0.600 bits per heavy atom. The second-order valence-electron chi connectivity index (χ2n) is 21.6. The van der Waals surface area contributed by atoms with Crippen LogP contribution in [-0.4, -0.2) is 124 Å². The van der Waals surface area contributed by atoms with Gasteiger partial charge in [-0.15, -0.1) is 0 Å². The van der Waals surface area contributed by atoms with Crippen molar-refractivity contribution in [3.8, 4) is 0 Å². The lowest BCUT2D eigenvalue weighted by Crippen LogP contribution is -2.61. The van der Waals surface area contributed by atoms with E-state index < -0.39 is 12.1 Å². The van der Waals surface area contributed by atoms with Crippen LogP contribution in [0.2, 0.25) is 0 Å². The van der Waals surface area contributed by atoms with E-state index >= 15 is 0 Å². The van der Waals surface area contributed by atoms with E-state index in [2.05, 4.69) is 41.2 Å². The van der Waals surface area contributed by atoms with Gasteiger partial charge in [-0.05, 0) is 70.9 Å². The quantitative estimate of drug-likeness (QED) is 0.0336. The Kier molecular flexibility index (Phi) is 47.9. The number of unbranched alkanes of at least 4 members (excludes halogenated alkanes) is 29. The zero-order chi connectivity index (χ0) is 54.7. The molecule has 75 heavy (non-hydrogen) atoms. The largest absolute Gasteiger partial charge is 0.469 e. The third kappa shape index (κ3) is 43.4. The van der Waals surface area contributed by atoms with Crippen LogP contribution >= 0.6 is 0 Å². The lowest BCUT2D eigenvalue weighted by molar-refractivity contribution is -0.145. The molecule has 438 valence electrons. The number of esters is 4. The van der Waals surface area contributed by atoms with Gasteiger partial charge < -0.3 is 39.4 Å². The fourth-order valence-corrected chi connectivity index (χ4v) is 9.76. The van der Waals surface area contributed by atoms with Crippen LogP contribution in [0.5, 0.6) is 0 Å². The minimum absolute atomic E-state index is 0.192.